The lowest BCUT2D eigenvalue weighted by Gasteiger charge is -2.45. The van der Waals surface area contributed by atoms with E-state index in [1.165, 1.54) is 0 Å². The topological polar surface area (TPSA) is 74.2 Å². The summed E-state index contributed by atoms with van der Waals surface area (Å²) in [5.41, 5.74) is -1.68. The summed E-state index contributed by atoms with van der Waals surface area (Å²) in [5.74, 6) is -1.23. The van der Waals surface area contributed by atoms with E-state index in [0.717, 1.165) is 0 Å². The lowest BCUT2D eigenvalue weighted by Crippen LogP contribution is -2.59. The van der Waals surface area contributed by atoms with E-state index in [1.807, 2.05) is 26.8 Å². The van der Waals surface area contributed by atoms with Gasteiger partial charge < -0.3 is 24.1 Å². The Balaban J connectivity index is 1.89. The lowest BCUT2D eigenvalue weighted by molar-refractivity contribution is -0.271. The Labute approximate surface area is 143 Å². The van der Waals surface area contributed by atoms with Crippen LogP contribution in [-0.4, -0.2) is 47.1 Å². The van der Waals surface area contributed by atoms with Crippen molar-refractivity contribution in [3.63, 3.8) is 0 Å². The molecule has 0 aromatic carbocycles. The first-order chi connectivity index (χ1) is 11.0. The Morgan fingerprint density at radius 3 is 2.50 bits per heavy atom. The van der Waals surface area contributed by atoms with Crippen molar-refractivity contribution in [3.05, 3.63) is 12.2 Å². The molecule has 6 heteroatoms. The number of aliphatic hydroxyl groups is 1. The molecule has 0 saturated carbocycles. The summed E-state index contributed by atoms with van der Waals surface area (Å²) in [7, 11) is 0. The zero-order valence-corrected chi connectivity index (χ0v) is 15.2. The van der Waals surface area contributed by atoms with Crippen LogP contribution in [0.15, 0.2) is 12.2 Å². The molecule has 1 N–H and O–H groups in total. The van der Waals surface area contributed by atoms with Crippen molar-refractivity contribution in [1.82, 2.24) is 0 Å². The van der Waals surface area contributed by atoms with Crippen LogP contribution in [0.3, 0.4) is 0 Å². The fraction of sp³-hybridized carbons (Fsp3) is 0.833. The molecule has 1 aliphatic carbocycles. The summed E-state index contributed by atoms with van der Waals surface area (Å²) in [5, 5.41) is 10.7. The van der Waals surface area contributed by atoms with Gasteiger partial charge in [0.1, 0.15) is 23.9 Å². The molecule has 1 spiro atoms. The maximum Gasteiger partial charge on any atom is 0.311 e. The second-order valence-electron chi connectivity index (χ2n) is 8.48. The SMILES string of the molecule is CC1[C@H]2OC(C)(C)O[C@H]2OC12C(O)C=CC[C@@H]2OC(=O)C(C)(C)C. The molecule has 3 aliphatic rings. The summed E-state index contributed by atoms with van der Waals surface area (Å²) in [6, 6.07) is 0. The molecule has 0 bridgehead atoms. The number of hydrogen-bond donors (Lipinski definition) is 1. The third-order valence-corrected chi connectivity index (χ3v) is 5.11. The highest BCUT2D eigenvalue weighted by atomic mass is 16.8. The van der Waals surface area contributed by atoms with Crippen LogP contribution in [-0.2, 0) is 23.7 Å². The minimum absolute atomic E-state index is 0.193. The Kier molecular flexibility index (Phi) is 4.11. The molecule has 0 radical (unpaired) electrons. The van der Waals surface area contributed by atoms with Gasteiger partial charge in [0.25, 0.3) is 0 Å². The first-order valence-electron chi connectivity index (χ1n) is 8.56. The molecule has 24 heavy (non-hydrogen) atoms. The summed E-state index contributed by atoms with van der Waals surface area (Å²) < 4.78 is 23.7. The molecule has 2 heterocycles. The smallest absolute Gasteiger partial charge is 0.311 e. The average molecular weight is 340 g/mol. The van der Waals surface area contributed by atoms with Gasteiger partial charge in [-0.25, -0.2) is 0 Å². The normalized spacial score (nSPS) is 43.9. The maximum absolute atomic E-state index is 12.4. The number of esters is 1. The molecular formula is C18H28O6. The predicted octanol–water partition coefficient (Wildman–Crippen LogP) is 2.15. The molecule has 0 amide bonds. The third-order valence-electron chi connectivity index (χ3n) is 5.11. The van der Waals surface area contributed by atoms with E-state index in [4.69, 9.17) is 18.9 Å². The van der Waals surface area contributed by atoms with Gasteiger partial charge in [-0.05, 0) is 34.6 Å². The van der Waals surface area contributed by atoms with Crippen molar-refractivity contribution < 1.29 is 28.8 Å². The molecule has 136 valence electrons. The van der Waals surface area contributed by atoms with Crippen molar-refractivity contribution >= 4 is 5.97 Å². The standard InChI is InChI=1S/C18H28O6/c1-10-13-14(23-17(5,6)22-13)24-18(10)11(19)8-7-9-12(18)21-15(20)16(2,3)4/h7-8,10-14,19H,9H2,1-6H3/t10?,11?,12-,13+,14-,18?/m0/s1. The molecule has 2 fully saturated rings. The van der Waals surface area contributed by atoms with Gasteiger partial charge in [0.05, 0.1) is 5.41 Å². The number of carbonyl (C=O) groups is 1. The zero-order chi connectivity index (χ0) is 17.9. The number of ether oxygens (including phenoxy) is 4. The fourth-order valence-corrected chi connectivity index (χ4v) is 3.76. The van der Waals surface area contributed by atoms with Crippen LogP contribution < -0.4 is 0 Å². The Hall–Kier alpha value is -0.950. The highest BCUT2D eigenvalue weighted by Gasteiger charge is 2.66. The monoisotopic (exact) mass is 340 g/mol. The van der Waals surface area contributed by atoms with E-state index in [0.29, 0.717) is 6.42 Å². The Bertz CT molecular complexity index is 548. The van der Waals surface area contributed by atoms with Gasteiger partial charge in [0.15, 0.2) is 12.1 Å². The maximum atomic E-state index is 12.4. The van der Waals surface area contributed by atoms with E-state index in [-0.39, 0.29) is 18.0 Å². The van der Waals surface area contributed by atoms with E-state index >= 15 is 0 Å². The van der Waals surface area contributed by atoms with Gasteiger partial charge >= 0.3 is 5.97 Å². The number of fused-ring (bicyclic) bond motifs is 1. The molecule has 0 aromatic rings. The molecule has 2 aliphatic heterocycles. The largest absolute Gasteiger partial charge is 0.458 e. The summed E-state index contributed by atoms with van der Waals surface area (Å²) in [6.45, 7) is 11.0. The molecule has 2 saturated heterocycles. The van der Waals surface area contributed by atoms with Crippen LogP contribution in [0.5, 0.6) is 0 Å². The third kappa shape index (κ3) is 2.69. The van der Waals surface area contributed by atoms with Gasteiger partial charge in [-0.15, -0.1) is 0 Å². The van der Waals surface area contributed by atoms with Crippen LogP contribution in [0.2, 0.25) is 0 Å². The number of rotatable bonds is 1. The molecular weight excluding hydrogens is 312 g/mol. The minimum Gasteiger partial charge on any atom is -0.458 e. The average Bonchev–Trinajstić information content (AvgIpc) is 2.87. The van der Waals surface area contributed by atoms with Crippen molar-refractivity contribution in [2.45, 2.75) is 84.0 Å². The molecule has 3 unspecified atom stereocenters. The Morgan fingerprint density at radius 2 is 1.92 bits per heavy atom. The fourth-order valence-electron chi connectivity index (χ4n) is 3.76. The van der Waals surface area contributed by atoms with Gasteiger partial charge in [0.2, 0.25) is 0 Å². The van der Waals surface area contributed by atoms with Crippen LogP contribution in [0, 0.1) is 11.3 Å². The van der Waals surface area contributed by atoms with Crippen LogP contribution in [0.4, 0.5) is 0 Å². The van der Waals surface area contributed by atoms with Gasteiger partial charge in [-0.2, -0.15) is 0 Å². The van der Waals surface area contributed by atoms with Crippen LogP contribution >= 0.6 is 0 Å². The summed E-state index contributed by atoms with van der Waals surface area (Å²) >= 11 is 0. The molecule has 3 rings (SSSR count). The number of aliphatic hydroxyl groups excluding tert-OH is 1. The van der Waals surface area contributed by atoms with Gasteiger partial charge in [-0.3, -0.25) is 4.79 Å². The predicted molar refractivity (Wildman–Crippen MR) is 85.9 cm³/mol. The molecule has 0 aromatic heterocycles. The lowest BCUT2D eigenvalue weighted by atomic mass is 9.74. The van der Waals surface area contributed by atoms with Crippen molar-refractivity contribution in [2.75, 3.05) is 0 Å². The van der Waals surface area contributed by atoms with Gasteiger partial charge in [0, 0.05) is 12.3 Å². The van der Waals surface area contributed by atoms with Crippen molar-refractivity contribution in [2.24, 2.45) is 11.3 Å². The highest BCUT2D eigenvalue weighted by molar-refractivity contribution is 5.75. The second kappa shape index (κ2) is 5.53. The van der Waals surface area contributed by atoms with E-state index in [9.17, 15) is 9.90 Å². The van der Waals surface area contributed by atoms with Crippen LogP contribution in [0.25, 0.3) is 0 Å². The highest BCUT2D eigenvalue weighted by Crippen LogP contribution is 2.51. The van der Waals surface area contributed by atoms with E-state index in [1.54, 1.807) is 26.8 Å². The summed E-state index contributed by atoms with van der Waals surface area (Å²) in [6.07, 6.45) is 1.66. The van der Waals surface area contributed by atoms with E-state index in [2.05, 4.69) is 0 Å². The minimum atomic E-state index is -1.05. The van der Waals surface area contributed by atoms with Gasteiger partial charge in [-0.1, -0.05) is 19.1 Å². The zero-order valence-electron chi connectivity index (χ0n) is 15.2. The van der Waals surface area contributed by atoms with Crippen LogP contribution in [0.1, 0.15) is 48.0 Å². The summed E-state index contributed by atoms with van der Waals surface area (Å²) in [4.78, 5) is 12.4. The van der Waals surface area contributed by atoms with Crippen molar-refractivity contribution in [1.29, 1.82) is 0 Å². The second-order valence-corrected chi connectivity index (χ2v) is 8.48. The van der Waals surface area contributed by atoms with E-state index < -0.39 is 35.3 Å². The first-order valence-corrected chi connectivity index (χ1v) is 8.56. The molecule has 6 nitrogen and oxygen atoms in total. The van der Waals surface area contributed by atoms with Crippen molar-refractivity contribution in [3.8, 4) is 0 Å². The Morgan fingerprint density at radius 1 is 1.25 bits per heavy atom. The molecule has 6 atom stereocenters. The number of hydrogen-bond acceptors (Lipinski definition) is 6. The number of carbonyl (C=O) groups excluding carboxylic acids is 1. The first kappa shape index (κ1) is 17.9. The quantitative estimate of drug-likeness (QED) is 0.582.